The Morgan fingerprint density at radius 1 is 1.00 bits per heavy atom. The van der Waals surface area contributed by atoms with Crippen molar-refractivity contribution < 1.29 is 17.9 Å². The van der Waals surface area contributed by atoms with Crippen LogP contribution in [0.3, 0.4) is 0 Å². The largest absolute Gasteiger partial charge is 0.573 e. The van der Waals surface area contributed by atoms with E-state index in [0.29, 0.717) is 18.5 Å². The first-order chi connectivity index (χ1) is 8.53. The van der Waals surface area contributed by atoms with Crippen LogP contribution in [0.5, 0.6) is 5.75 Å². The average Bonchev–Trinajstić information content (AvgIpc) is 2.29. The Morgan fingerprint density at radius 3 is 2.33 bits per heavy atom. The van der Waals surface area contributed by atoms with Gasteiger partial charge in [-0.2, -0.15) is 0 Å². The molecule has 0 aliphatic heterocycles. The summed E-state index contributed by atoms with van der Waals surface area (Å²) in [7, 11) is 0. The van der Waals surface area contributed by atoms with Gasteiger partial charge in [0.15, 0.2) is 0 Å². The average molecular weight is 261 g/mol. The molecule has 0 unspecified atom stereocenters. The molecule has 2 nitrogen and oxygen atoms in total. The van der Waals surface area contributed by atoms with E-state index in [1.807, 2.05) is 0 Å². The zero-order valence-electron chi connectivity index (χ0n) is 10.2. The van der Waals surface area contributed by atoms with Crippen molar-refractivity contribution in [1.82, 2.24) is 0 Å². The number of hydrogen-bond donors (Lipinski definition) is 1. The molecule has 0 aromatic heterocycles. The van der Waals surface area contributed by atoms with E-state index in [2.05, 4.69) is 4.74 Å². The molecular formula is C13H18F3NO. The number of hydrogen-bond acceptors (Lipinski definition) is 2. The van der Waals surface area contributed by atoms with Crippen molar-refractivity contribution in [3.63, 3.8) is 0 Å². The molecule has 1 rings (SSSR count). The minimum absolute atomic E-state index is 0.0937. The van der Waals surface area contributed by atoms with Crippen molar-refractivity contribution in [3.05, 3.63) is 29.8 Å². The topological polar surface area (TPSA) is 35.2 Å². The number of aryl methyl sites for hydroxylation is 1. The smallest absolute Gasteiger partial charge is 0.406 e. The van der Waals surface area contributed by atoms with Gasteiger partial charge in [-0.05, 0) is 37.4 Å². The van der Waals surface area contributed by atoms with Crippen LogP contribution in [0.25, 0.3) is 0 Å². The third-order valence-corrected chi connectivity index (χ3v) is 2.60. The number of benzene rings is 1. The highest BCUT2D eigenvalue weighted by Crippen LogP contribution is 2.27. The Bertz CT molecular complexity index is 352. The van der Waals surface area contributed by atoms with E-state index < -0.39 is 6.36 Å². The van der Waals surface area contributed by atoms with Crippen LogP contribution in [0.1, 0.15) is 31.2 Å². The molecule has 0 fully saturated rings. The fourth-order valence-electron chi connectivity index (χ4n) is 1.75. The van der Waals surface area contributed by atoms with E-state index >= 15 is 0 Å². The lowest BCUT2D eigenvalue weighted by molar-refractivity contribution is -0.274. The van der Waals surface area contributed by atoms with Crippen molar-refractivity contribution >= 4 is 0 Å². The molecule has 0 heterocycles. The van der Waals surface area contributed by atoms with Gasteiger partial charge in [0, 0.05) is 0 Å². The van der Waals surface area contributed by atoms with Crippen molar-refractivity contribution in [2.45, 2.75) is 38.5 Å². The Labute approximate surface area is 105 Å². The summed E-state index contributed by atoms with van der Waals surface area (Å²) in [4.78, 5) is 0. The van der Waals surface area contributed by atoms with Crippen molar-refractivity contribution in [1.29, 1.82) is 0 Å². The summed E-state index contributed by atoms with van der Waals surface area (Å²) in [6, 6.07) is 6.28. The Balaban J connectivity index is 2.49. The first-order valence-electron chi connectivity index (χ1n) is 6.06. The first-order valence-corrected chi connectivity index (χ1v) is 6.06. The number of ether oxygens (including phenoxy) is 1. The van der Waals surface area contributed by atoms with Gasteiger partial charge in [-0.3, -0.25) is 0 Å². The van der Waals surface area contributed by atoms with Gasteiger partial charge < -0.3 is 10.5 Å². The zero-order valence-corrected chi connectivity index (χ0v) is 10.2. The van der Waals surface area contributed by atoms with Gasteiger partial charge in [-0.25, -0.2) is 0 Å². The standard InChI is InChI=1S/C13H18F3NO/c14-13(15,16)18-12-9-5-4-8-11(12)7-3-1-2-6-10-17/h4-5,8-9H,1-3,6-7,10,17H2. The molecule has 5 heteroatoms. The van der Waals surface area contributed by atoms with E-state index in [0.717, 1.165) is 25.7 Å². The Kier molecular flexibility index (Phi) is 5.98. The molecule has 0 saturated heterocycles. The van der Waals surface area contributed by atoms with Gasteiger partial charge in [0.05, 0.1) is 0 Å². The van der Waals surface area contributed by atoms with Gasteiger partial charge in [0.2, 0.25) is 0 Å². The number of unbranched alkanes of at least 4 members (excludes halogenated alkanes) is 3. The lowest BCUT2D eigenvalue weighted by Gasteiger charge is -2.12. The number of rotatable bonds is 7. The monoisotopic (exact) mass is 261 g/mol. The van der Waals surface area contributed by atoms with Crippen LogP contribution in [0, 0.1) is 0 Å². The Hall–Kier alpha value is -1.23. The summed E-state index contributed by atoms with van der Waals surface area (Å²) in [5.74, 6) is -0.0937. The predicted octanol–water partition coefficient (Wildman–Crippen LogP) is 3.65. The second-order valence-electron chi connectivity index (χ2n) is 4.11. The van der Waals surface area contributed by atoms with Crippen LogP contribution < -0.4 is 10.5 Å². The van der Waals surface area contributed by atoms with Crippen molar-refractivity contribution in [2.24, 2.45) is 5.73 Å². The van der Waals surface area contributed by atoms with E-state index in [-0.39, 0.29) is 5.75 Å². The number of nitrogens with two attached hydrogens (primary N) is 1. The molecule has 1 aromatic carbocycles. The van der Waals surface area contributed by atoms with E-state index in [1.54, 1.807) is 18.2 Å². The van der Waals surface area contributed by atoms with Gasteiger partial charge in [0.1, 0.15) is 5.75 Å². The van der Waals surface area contributed by atoms with Crippen molar-refractivity contribution in [3.8, 4) is 5.75 Å². The van der Waals surface area contributed by atoms with Crippen LogP contribution >= 0.6 is 0 Å². The molecule has 0 amide bonds. The predicted molar refractivity (Wildman–Crippen MR) is 64.4 cm³/mol. The molecule has 0 spiro atoms. The fourth-order valence-corrected chi connectivity index (χ4v) is 1.75. The zero-order chi connectivity index (χ0) is 13.4. The normalized spacial score (nSPS) is 11.6. The molecule has 2 N–H and O–H groups in total. The Morgan fingerprint density at radius 2 is 1.67 bits per heavy atom. The molecule has 0 saturated carbocycles. The molecule has 0 aliphatic carbocycles. The second-order valence-corrected chi connectivity index (χ2v) is 4.11. The third kappa shape index (κ3) is 5.91. The minimum Gasteiger partial charge on any atom is -0.406 e. The van der Waals surface area contributed by atoms with E-state index in [1.165, 1.54) is 6.07 Å². The lowest BCUT2D eigenvalue weighted by Crippen LogP contribution is -2.18. The molecule has 0 radical (unpaired) electrons. The maximum absolute atomic E-state index is 12.2. The summed E-state index contributed by atoms with van der Waals surface area (Å²) in [6.45, 7) is 0.660. The molecule has 0 bridgehead atoms. The summed E-state index contributed by atoms with van der Waals surface area (Å²) in [6.07, 6.45) is -0.248. The number of para-hydroxylation sites is 1. The van der Waals surface area contributed by atoms with Gasteiger partial charge in [-0.15, -0.1) is 13.2 Å². The molecule has 1 aromatic rings. The second kappa shape index (κ2) is 7.26. The lowest BCUT2D eigenvalue weighted by atomic mass is 10.1. The van der Waals surface area contributed by atoms with Crippen LogP contribution in [-0.2, 0) is 6.42 Å². The number of alkyl halides is 3. The van der Waals surface area contributed by atoms with Gasteiger partial charge >= 0.3 is 6.36 Å². The summed E-state index contributed by atoms with van der Waals surface area (Å²) < 4.78 is 40.5. The quantitative estimate of drug-likeness (QED) is 0.760. The molecule has 0 atom stereocenters. The maximum atomic E-state index is 12.2. The summed E-state index contributed by atoms with van der Waals surface area (Å²) in [5.41, 5.74) is 5.97. The summed E-state index contributed by atoms with van der Waals surface area (Å²) >= 11 is 0. The SMILES string of the molecule is NCCCCCCc1ccccc1OC(F)(F)F. The third-order valence-electron chi connectivity index (χ3n) is 2.60. The highest BCUT2D eigenvalue weighted by molar-refractivity contribution is 5.33. The van der Waals surface area contributed by atoms with Gasteiger partial charge in [0.25, 0.3) is 0 Å². The summed E-state index contributed by atoms with van der Waals surface area (Å²) in [5, 5.41) is 0. The number of halogens is 3. The fraction of sp³-hybridized carbons (Fsp3) is 0.538. The highest BCUT2D eigenvalue weighted by Gasteiger charge is 2.31. The molecular weight excluding hydrogens is 243 g/mol. The van der Waals surface area contributed by atoms with E-state index in [9.17, 15) is 13.2 Å². The van der Waals surface area contributed by atoms with Crippen LogP contribution in [0.15, 0.2) is 24.3 Å². The van der Waals surface area contributed by atoms with Crippen molar-refractivity contribution in [2.75, 3.05) is 6.54 Å². The van der Waals surface area contributed by atoms with E-state index in [4.69, 9.17) is 5.73 Å². The molecule has 102 valence electrons. The molecule has 0 aliphatic rings. The first kappa shape index (κ1) is 14.8. The van der Waals surface area contributed by atoms with Gasteiger partial charge in [-0.1, -0.05) is 31.0 Å². The van der Waals surface area contributed by atoms with Crippen LogP contribution in [0.4, 0.5) is 13.2 Å². The molecule has 18 heavy (non-hydrogen) atoms. The highest BCUT2D eigenvalue weighted by atomic mass is 19.4. The van der Waals surface area contributed by atoms with Crippen LogP contribution in [-0.4, -0.2) is 12.9 Å². The maximum Gasteiger partial charge on any atom is 0.573 e. The van der Waals surface area contributed by atoms with Crippen LogP contribution in [0.2, 0.25) is 0 Å². The minimum atomic E-state index is -4.63.